The highest BCUT2D eigenvalue weighted by Gasteiger charge is 2.21. The van der Waals surface area contributed by atoms with E-state index in [1.807, 2.05) is 69.3 Å². The largest absolute Gasteiger partial charge is 0.444 e. The van der Waals surface area contributed by atoms with Crippen LogP contribution < -0.4 is 5.32 Å². The van der Waals surface area contributed by atoms with Crippen molar-refractivity contribution in [2.24, 2.45) is 0 Å². The lowest BCUT2D eigenvalue weighted by Crippen LogP contribution is -2.35. The molecule has 2 aromatic carbocycles. The van der Waals surface area contributed by atoms with E-state index in [0.29, 0.717) is 5.02 Å². The van der Waals surface area contributed by atoms with Gasteiger partial charge in [0.1, 0.15) is 5.60 Å². The lowest BCUT2D eigenvalue weighted by Gasteiger charge is -2.24. The molecule has 22 heavy (non-hydrogen) atoms. The standard InChI is InChI=1S/C18H20ClNO2/c1-18(2,3)22-17(21)20-16(13-8-5-4-6-9-13)14-10-7-11-15(19)12-14/h4-12,16H,1-3H3,(H,20,21)/t16-/m0/s1. The van der Waals surface area contributed by atoms with Gasteiger partial charge in [0.15, 0.2) is 0 Å². The smallest absolute Gasteiger partial charge is 0.408 e. The van der Waals surface area contributed by atoms with Crippen molar-refractivity contribution in [1.82, 2.24) is 5.32 Å². The molecule has 1 amide bonds. The lowest BCUT2D eigenvalue weighted by atomic mass is 9.99. The summed E-state index contributed by atoms with van der Waals surface area (Å²) in [7, 11) is 0. The van der Waals surface area contributed by atoms with Gasteiger partial charge in [-0.15, -0.1) is 0 Å². The molecule has 0 saturated carbocycles. The van der Waals surface area contributed by atoms with Gasteiger partial charge in [-0.2, -0.15) is 0 Å². The number of halogens is 1. The monoisotopic (exact) mass is 317 g/mol. The molecule has 4 heteroatoms. The van der Waals surface area contributed by atoms with Crippen LogP contribution in [0.4, 0.5) is 4.79 Å². The molecule has 0 fully saturated rings. The molecule has 0 heterocycles. The molecule has 0 aromatic heterocycles. The number of hydrogen-bond donors (Lipinski definition) is 1. The Labute approximate surface area is 136 Å². The zero-order valence-corrected chi connectivity index (χ0v) is 13.7. The Bertz CT molecular complexity index is 635. The molecular formula is C18H20ClNO2. The number of hydrogen-bond acceptors (Lipinski definition) is 2. The number of nitrogens with one attached hydrogen (secondary N) is 1. The van der Waals surface area contributed by atoms with Gasteiger partial charge in [0.2, 0.25) is 0 Å². The van der Waals surface area contributed by atoms with Crippen molar-refractivity contribution in [3.8, 4) is 0 Å². The van der Waals surface area contributed by atoms with E-state index < -0.39 is 11.7 Å². The number of ether oxygens (including phenoxy) is 1. The Morgan fingerprint density at radius 2 is 1.68 bits per heavy atom. The predicted molar refractivity (Wildman–Crippen MR) is 89.1 cm³/mol. The SMILES string of the molecule is CC(C)(C)OC(=O)N[C@@H](c1ccccc1)c1cccc(Cl)c1. The predicted octanol–water partition coefficient (Wildman–Crippen LogP) is 4.95. The molecule has 2 rings (SSSR count). The van der Waals surface area contributed by atoms with Crippen LogP contribution in [-0.2, 0) is 4.74 Å². The highest BCUT2D eigenvalue weighted by atomic mass is 35.5. The molecule has 0 saturated heterocycles. The van der Waals surface area contributed by atoms with E-state index in [2.05, 4.69) is 5.32 Å². The second-order valence-corrected chi connectivity index (χ2v) is 6.48. The Balaban J connectivity index is 2.29. The van der Waals surface area contributed by atoms with Crippen LogP contribution in [0.2, 0.25) is 5.02 Å². The summed E-state index contributed by atoms with van der Waals surface area (Å²) in [4.78, 5) is 12.1. The second-order valence-electron chi connectivity index (χ2n) is 6.04. The second kappa shape index (κ2) is 6.84. The minimum atomic E-state index is -0.542. The summed E-state index contributed by atoms with van der Waals surface area (Å²) < 4.78 is 5.36. The fourth-order valence-electron chi connectivity index (χ4n) is 2.12. The van der Waals surface area contributed by atoms with Crippen molar-refractivity contribution in [3.63, 3.8) is 0 Å². The molecule has 0 aliphatic rings. The van der Waals surface area contributed by atoms with Crippen molar-refractivity contribution in [2.75, 3.05) is 0 Å². The van der Waals surface area contributed by atoms with Gasteiger partial charge in [-0.25, -0.2) is 4.79 Å². The number of rotatable bonds is 3. The Hall–Kier alpha value is -2.00. The summed E-state index contributed by atoms with van der Waals surface area (Å²) >= 11 is 6.08. The number of amides is 1. The van der Waals surface area contributed by atoms with Crippen LogP contribution in [0.25, 0.3) is 0 Å². The van der Waals surface area contributed by atoms with Gasteiger partial charge in [-0.3, -0.25) is 0 Å². The first-order valence-electron chi connectivity index (χ1n) is 7.15. The quantitative estimate of drug-likeness (QED) is 0.869. The highest BCUT2D eigenvalue weighted by Crippen LogP contribution is 2.25. The van der Waals surface area contributed by atoms with Crippen LogP contribution in [0.1, 0.15) is 37.9 Å². The van der Waals surface area contributed by atoms with Crippen molar-refractivity contribution in [2.45, 2.75) is 32.4 Å². The molecular weight excluding hydrogens is 298 g/mol. The fraction of sp³-hybridized carbons (Fsp3) is 0.278. The van der Waals surface area contributed by atoms with E-state index in [9.17, 15) is 4.79 Å². The van der Waals surface area contributed by atoms with Crippen LogP contribution in [0, 0.1) is 0 Å². The fourth-order valence-corrected chi connectivity index (χ4v) is 2.31. The zero-order valence-electron chi connectivity index (χ0n) is 13.0. The third kappa shape index (κ3) is 4.78. The molecule has 0 aliphatic heterocycles. The van der Waals surface area contributed by atoms with Crippen molar-refractivity contribution in [1.29, 1.82) is 0 Å². The van der Waals surface area contributed by atoms with Crippen LogP contribution in [0.15, 0.2) is 54.6 Å². The van der Waals surface area contributed by atoms with E-state index in [-0.39, 0.29) is 6.04 Å². The Morgan fingerprint density at radius 1 is 1.05 bits per heavy atom. The van der Waals surface area contributed by atoms with Crippen LogP contribution >= 0.6 is 11.6 Å². The first-order valence-corrected chi connectivity index (χ1v) is 7.53. The summed E-state index contributed by atoms with van der Waals surface area (Å²) in [5, 5.41) is 3.54. The first-order chi connectivity index (χ1) is 10.3. The highest BCUT2D eigenvalue weighted by molar-refractivity contribution is 6.30. The average molecular weight is 318 g/mol. The Kier molecular flexibility index (Phi) is 5.09. The van der Waals surface area contributed by atoms with Crippen LogP contribution in [0.5, 0.6) is 0 Å². The Morgan fingerprint density at radius 3 is 2.27 bits per heavy atom. The molecule has 0 spiro atoms. The van der Waals surface area contributed by atoms with Crippen molar-refractivity contribution in [3.05, 3.63) is 70.7 Å². The number of alkyl carbamates (subject to hydrolysis) is 1. The van der Waals surface area contributed by atoms with Gasteiger partial charge in [0.25, 0.3) is 0 Å². The maximum atomic E-state index is 12.1. The van der Waals surface area contributed by atoms with E-state index in [1.54, 1.807) is 6.07 Å². The molecule has 3 nitrogen and oxygen atoms in total. The normalized spacial score (nSPS) is 12.5. The number of benzene rings is 2. The summed E-state index contributed by atoms with van der Waals surface area (Å²) in [5.74, 6) is 0. The minimum Gasteiger partial charge on any atom is -0.444 e. The molecule has 2 aromatic rings. The summed E-state index contributed by atoms with van der Waals surface area (Å²) in [6.45, 7) is 5.51. The van der Waals surface area contributed by atoms with Gasteiger partial charge in [0.05, 0.1) is 6.04 Å². The molecule has 1 atom stereocenters. The summed E-state index contributed by atoms with van der Waals surface area (Å²) in [6, 6.07) is 16.9. The van der Waals surface area contributed by atoms with Gasteiger partial charge >= 0.3 is 6.09 Å². The van der Waals surface area contributed by atoms with E-state index in [4.69, 9.17) is 16.3 Å². The molecule has 1 N–H and O–H groups in total. The zero-order chi connectivity index (χ0) is 16.2. The molecule has 0 unspecified atom stereocenters. The number of carbonyl (C=O) groups excluding carboxylic acids is 1. The molecule has 0 bridgehead atoms. The van der Waals surface area contributed by atoms with Gasteiger partial charge in [-0.1, -0.05) is 54.1 Å². The maximum Gasteiger partial charge on any atom is 0.408 e. The van der Waals surface area contributed by atoms with Crippen LogP contribution in [0.3, 0.4) is 0 Å². The first kappa shape index (κ1) is 16.4. The van der Waals surface area contributed by atoms with Gasteiger partial charge in [-0.05, 0) is 44.0 Å². The lowest BCUT2D eigenvalue weighted by molar-refractivity contribution is 0.0512. The third-order valence-corrected chi connectivity index (χ3v) is 3.21. The van der Waals surface area contributed by atoms with Gasteiger partial charge in [0, 0.05) is 5.02 Å². The van der Waals surface area contributed by atoms with Crippen molar-refractivity contribution >= 4 is 17.7 Å². The molecule has 0 aliphatic carbocycles. The average Bonchev–Trinajstić information content (AvgIpc) is 2.44. The van der Waals surface area contributed by atoms with E-state index >= 15 is 0 Å². The van der Waals surface area contributed by atoms with Crippen LogP contribution in [-0.4, -0.2) is 11.7 Å². The van der Waals surface area contributed by atoms with E-state index in [0.717, 1.165) is 11.1 Å². The maximum absolute atomic E-state index is 12.1. The topological polar surface area (TPSA) is 38.3 Å². The van der Waals surface area contributed by atoms with Crippen molar-refractivity contribution < 1.29 is 9.53 Å². The van der Waals surface area contributed by atoms with Gasteiger partial charge < -0.3 is 10.1 Å². The number of carbonyl (C=O) groups is 1. The minimum absolute atomic E-state index is 0.310. The summed E-state index contributed by atoms with van der Waals surface area (Å²) in [6.07, 6.45) is -0.457. The molecule has 116 valence electrons. The molecule has 0 radical (unpaired) electrons. The van der Waals surface area contributed by atoms with E-state index in [1.165, 1.54) is 0 Å². The summed E-state index contributed by atoms with van der Waals surface area (Å²) in [5.41, 5.74) is 1.33. The third-order valence-electron chi connectivity index (χ3n) is 2.98.